The number of rotatable bonds is 2. The highest BCUT2D eigenvalue weighted by atomic mass is 35.5. The highest BCUT2D eigenvalue weighted by molar-refractivity contribution is 7.98. The monoisotopic (exact) mass is 323 g/mol. The van der Waals surface area contributed by atoms with Crippen molar-refractivity contribution in [2.45, 2.75) is 17.2 Å². The third-order valence-electron chi connectivity index (χ3n) is 1.81. The fourth-order valence-corrected chi connectivity index (χ4v) is 1.77. The van der Waals surface area contributed by atoms with E-state index < -0.39 is 33.7 Å². The number of halogens is 7. The molecule has 0 bridgehead atoms. The van der Waals surface area contributed by atoms with Gasteiger partial charge in [-0.15, -0.1) is 0 Å². The first-order valence-electron chi connectivity index (χ1n) is 4.42. The molecule has 10 heteroatoms. The van der Waals surface area contributed by atoms with Gasteiger partial charge in [0.2, 0.25) is 0 Å². The molecular weight excluding hydrogens is 320 g/mol. The number of alkyl halides is 6. The molecule has 2 nitrogen and oxygen atoms in total. The van der Waals surface area contributed by atoms with E-state index in [1.165, 1.54) is 0 Å². The van der Waals surface area contributed by atoms with Crippen molar-refractivity contribution in [2.24, 2.45) is 0 Å². The van der Waals surface area contributed by atoms with Crippen LogP contribution < -0.4 is 4.72 Å². The summed E-state index contributed by atoms with van der Waals surface area (Å²) in [5, 5.41) is -1.11. The van der Waals surface area contributed by atoms with E-state index in [4.69, 9.17) is 11.6 Å². The Morgan fingerprint density at radius 3 is 1.74 bits per heavy atom. The van der Waals surface area contributed by atoms with Crippen molar-refractivity contribution in [1.82, 2.24) is 4.72 Å². The molecule has 1 rings (SSSR count). The normalized spacial score (nSPS) is 12.4. The summed E-state index contributed by atoms with van der Waals surface area (Å²) in [7, 11) is 0. The Hall–Kier alpha value is -1.09. The molecule has 0 fully saturated rings. The average molecular weight is 324 g/mol. The van der Waals surface area contributed by atoms with Gasteiger partial charge in [-0.3, -0.25) is 9.52 Å². The van der Waals surface area contributed by atoms with Crippen LogP contribution in [0, 0.1) is 0 Å². The summed E-state index contributed by atoms with van der Waals surface area (Å²) in [6.07, 6.45) is -9.86. The van der Waals surface area contributed by atoms with E-state index >= 15 is 0 Å². The number of hydrogen-bond donors (Lipinski definition) is 1. The summed E-state index contributed by atoms with van der Waals surface area (Å²) >= 11 is 5.13. The van der Waals surface area contributed by atoms with Crippen LogP contribution in [0.15, 0.2) is 23.1 Å². The molecule has 0 saturated heterocycles. The van der Waals surface area contributed by atoms with Gasteiger partial charge in [0, 0.05) is 4.90 Å². The van der Waals surface area contributed by atoms with Crippen molar-refractivity contribution in [3.05, 3.63) is 29.3 Å². The van der Waals surface area contributed by atoms with Crippen molar-refractivity contribution in [3.63, 3.8) is 0 Å². The van der Waals surface area contributed by atoms with Gasteiger partial charge in [0.25, 0.3) is 0 Å². The standard InChI is InChI=1S/C9H4ClF6NOS/c10-7(18)17-19-6-2-4(8(11,12)13)1-5(3-6)9(14,15)16/h1-3H,(H,17,18). The maximum absolute atomic E-state index is 12.4. The van der Waals surface area contributed by atoms with E-state index in [2.05, 4.69) is 0 Å². The van der Waals surface area contributed by atoms with Crippen LogP contribution in [0.2, 0.25) is 0 Å². The van der Waals surface area contributed by atoms with E-state index in [1.54, 1.807) is 0 Å². The van der Waals surface area contributed by atoms with E-state index in [1.807, 2.05) is 4.72 Å². The van der Waals surface area contributed by atoms with E-state index in [0.29, 0.717) is 12.1 Å². The highest BCUT2D eigenvalue weighted by Crippen LogP contribution is 2.37. The molecule has 0 aliphatic rings. The quantitative estimate of drug-likeness (QED) is 0.370. The molecule has 1 aromatic rings. The topological polar surface area (TPSA) is 29.1 Å². The minimum atomic E-state index is -4.93. The molecule has 0 radical (unpaired) electrons. The summed E-state index contributed by atoms with van der Waals surface area (Å²) in [6.45, 7) is 0. The van der Waals surface area contributed by atoms with Gasteiger partial charge in [0.05, 0.1) is 11.1 Å². The lowest BCUT2D eigenvalue weighted by Gasteiger charge is -2.13. The lowest BCUT2D eigenvalue weighted by molar-refractivity contribution is -0.143. The molecule has 0 heterocycles. The predicted octanol–water partition coefficient (Wildman–Crippen LogP) is 4.68. The third kappa shape index (κ3) is 4.83. The first-order chi connectivity index (χ1) is 8.50. The predicted molar refractivity (Wildman–Crippen MR) is 56.7 cm³/mol. The molecule has 19 heavy (non-hydrogen) atoms. The second-order valence-corrected chi connectivity index (χ2v) is 4.44. The minimum absolute atomic E-state index is 0.00736. The number of benzene rings is 1. The fourth-order valence-electron chi connectivity index (χ4n) is 1.08. The highest BCUT2D eigenvalue weighted by Gasteiger charge is 2.36. The van der Waals surface area contributed by atoms with Gasteiger partial charge in [-0.05, 0) is 41.7 Å². The maximum Gasteiger partial charge on any atom is 0.416 e. The van der Waals surface area contributed by atoms with Crippen molar-refractivity contribution in [3.8, 4) is 0 Å². The van der Waals surface area contributed by atoms with Crippen molar-refractivity contribution < 1.29 is 31.1 Å². The van der Waals surface area contributed by atoms with Gasteiger partial charge >= 0.3 is 17.7 Å². The number of carbonyl (C=O) groups is 1. The zero-order valence-corrected chi connectivity index (χ0v) is 10.3. The second kappa shape index (κ2) is 5.49. The molecule has 1 N–H and O–H groups in total. The third-order valence-corrected chi connectivity index (χ3v) is 2.78. The zero-order valence-electron chi connectivity index (χ0n) is 8.69. The van der Waals surface area contributed by atoms with Crippen LogP contribution in [0.5, 0.6) is 0 Å². The van der Waals surface area contributed by atoms with Crippen LogP contribution in [-0.4, -0.2) is 5.37 Å². The Morgan fingerprint density at radius 2 is 1.42 bits per heavy atom. The molecule has 0 atom stereocenters. The summed E-state index contributed by atoms with van der Waals surface area (Å²) in [4.78, 5) is 9.94. The molecule has 0 aliphatic carbocycles. The molecule has 0 aromatic heterocycles. The van der Waals surface area contributed by atoms with Gasteiger partial charge in [0.15, 0.2) is 0 Å². The van der Waals surface area contributed by atoms with Crippen LogP contribution >= 0.6 is 23.5 Å². The lowest BCUT2D eigenvalue weighted by atomic mass is 10.1. The second-order valence-electron chi connectivity index (χ2n) is 3.22. The number of amides is 1. The Bertz CT molecular complexity index is 454. The van der Waals surface area contributed by atoms with Crippen LogP contribution in [0.1, 0.15) is 11.1 Å². The van der Waals surface area contributed by atoms with E-state index in [0.717, 1.165) is 0 Å². The van der Waals surface area contributed by atoms with Crippen molar-refractivity contribution >= 4 is 28.9 Å². The fraction of sp³-hybridized carbons (Fsp3) is 0.222. The number of hydrogen-bond acceptors (Lipinski definition) is 2. The Kier molecular flexibility index (Phi) is 4.62. The van der Waals surface area contributed by atoms with Crippen LogP contribution in [0.4, 0.5) is 31.1 Å². The average Bonchev–Trinajstić information content (AvgIpc) is 2.23. The minimum Gasteiger partial charge on any atom is -0.282 e. The van der Waals surface area contributed by atoms with Crippen molar-refractivity contribution in [1.29, 1.82) is 0 Å². The van der Waals surface area contributed by atoms with E-state index in [-0.39, 0.29) is 18.0 Å². The SMILES string of the molecule is O=C(Cl)NSc1cc(C(F)(F)F)cc(C(F)(F)F)c1. The molecular formula is C9H4ClF6NOS. The van der Waals surface area contributed by atoms with Gasteiger partial charge in [-0.2, -0.15) is 26.3 Å². The van der Waals surface area contributed by atoms with Gasteiger partial charge in [0.1, 0.15) is 0 Å². The van der Waals surface area contributed by atoms with Crippen LogP contribution in [0.25, 0.3) is 0 Å². The number of nitrogens with one attached hydrogen (secondary N) is 1. The Balaban J connectivity index is 3.21. The van der Waals surface area contributed by atoms with Gasteiger partial charge < -0.3 is 0 Å². The Morgan fingerprint density at radius 1 is 1.00 bits per heavy atom. The van der Waals surface area contributed by atoms with Gasteiger partial charge in [-0.25, -0.2) is 0 Å². The molecule has 0 saturated carbocycles. The Labute approximate surface area is 112 Å². The zero-order chi connectivity index (χ0) is 14.8. The summed E-state index contributed by atoms with van der Waals surface area (Å²) in [5.41, 5.74) is -2.93. The van der Waals surface area contributed by atoms with Crippen LogP contribution in [-0.2, 0) is 12.4 Å². The summed E-state index contributed by atoms with van der Waals surface area (Å²) in [5.74, 6) is 0. The summed E-state index contributed by atoms with van der Waals surface area (Å²) in [6, 6.07) is 0.950. The van der Waals surface area contributed by atoms with E-state index in [9.17, 15) is 31.1 Å². The summed E-state index contributed by atoms with van der Waals surface area (Å²) < 4.78 is 76.5. The molecule has 0 aliphatic heterocycles. The van der Waals surface area contributed by atoms with Gasteiger partial charge in [-0.1, -0.05) is 0 Å². The molecule has 0 spiro atoms. The van der Waals surface area contributed by atoms with Crippen LogP contribution in [0.3, 0.4) is 0 Å². The largest absolute Gasteiger partial charge is 0.416 e. The first-order valence-corrected chi connectivity index (χ1v) is 5.61. The molecule has 1 amide bonds. The number of carbonyl (C=O) groups excluding carboxylic acids is 1. The van der Waals surface area contributed by atoms with Crippen molar-refractivity contribution in [2.75, 3.05) is 0 Å². The molecule has 106 valence electrons. The molecule has 1 aromatic carbocycles. The molecule has 0 unspecified atom stereocenters. The smallest absolute Gasteiger partial charge is 0.282 e. The maximum atomic E-state index is 12.4. The first kappa shape index (κ1) is 16.0. The lowest BCUT2D eigenvalue weighted by Crippen LogP contribution is -2.12.